The van der Waals surface area contributed by atoms with Crippen LogP contribution in [0.4, 0.5) is 0 Å². The Morgan fingerprint density at radius 3 is 2.93 bits per heavy atom. The molecule has 0 aliphatic rings. The maximum Gasteiger partial charge on any atom is 0.266 e. The van der Waals surface area contributed by atoms with Gasteiger partial charge in [-0.3, -0.25) is 9.59 Å². The van der Waals surface area contributed by atoms with Crippen LogP contribution < -0.4 is 10.9 Å². The molecule has 0 aliphatic heterocycles. The molecule has 2 N–H and O–H groups in total. The zero-order valence-corrected chi connectivity index (χ0v) is 8.52. The maximum atomic E-state index is 11.4. The van der Waals surface area contributed by atoms with Crippen LogP contribution in [0, 0.1) is 0 Å². The molecule has 0 atom stereocenters. The molecule has 1 heterocycles. The van der Waals surface area contributed by atoms with Gasteiger partial charge in [0.2, 0.25) is 0 Å². The van der Waals surface area contributed by atoms with Gasteiger partial charge >= 0.3 is 0 Å². The number of halogens is 1. The normalized spacial score (nSPS) is 9.86. The minimum Gasteiger partial charge on any atom is -0.352 e. The molecule has 1 aromatic rings. The van der Waals surface area contributed by atoms with Gasteiger partial charge in [-0.25, -0.2) is 0 Å². The highest BCUT2D eigenvalue weighted by atomic mass is 35.5. The van der Waals surface area contributed by atoms with Crippen molar-refractivity contribution in [1.82, 2.24) is 10.3 Å². The number of carbonyl (C=O) groups excluding carboxylic acids is 1. The van der Waals surface area contributed by atoms with Crippen molar-refractivity contribution in [3.05, 3.63) is 33.2 Å². The standard InChI is InChI=1S/C9H11ClN2O2/c1-2-3-11-8(13)6-4-7(10)9(14)12-5-6/h4-5H,2-3H2,1H3,(H,11,13)(H,12,14). The van der Waals surface area contributed by atoms with Crippen molar-refractivity contribution < 1.29 is 4.79 Å². The van der Waals surface area contributed by atoms with Crippen LogP contribution in [-0.4, -0.2) is 17.4 Å². The monoisotopic (exact) mass is 214 g/mol. The molecule has 1 amide bonds. The highest BCUT2D eigenvalue weighted by Crippen LogP contribution is 2.03. The molecule has 0 aliphatic carbocycles. The zero-order chi connectivity index (χ0) is 10.6. The van der Waals surface area contributed by atoms with Gasteiger partial charge in [0.1, 0.15) is 5.02 Å². The molecule has 0 bridgehead atoms. The Balaban J connectivity index is 2.81. The number of aromatic amines is 1. The van der Waals surface area contributed by atoms with Crippen LogP contribution in [0.1, 0.15) is 23.7 Å². The molecule has 76 valence electrons. The number of hydrogen-bond acceptors (Lipinski definition) is 2. The van der Waals surface area contributed by atoms with Crippen molar-refractivity contribution in [2.45, 2.75) is 13.3 Å². The van der Waals surface area contributed by atoms with Gasteiger partial charge in [-0.05, 0) is 12.5 Å². The first-order valence-corrected chi connectivity index (χ1v) is 4.69. The molecule has 0 saturated carbocycles. The van der Waals surface area contributed by atoms with E-state index in [4.69, 9.17) is 11.6 Å². The number of aromatic nitrogens is 1. The van der Waals surface area contributed by atoms with Crippen LogP contribution in [-0.2, 0) is 0 Å². The molecule has 0 spiro atoms. The third-order valence-corrected chi connectivity index (χ3v) is 1.94. The van der Waals surface area contributed by atoms with E-state index >= 15 is 0 Å². The van der Waals surface area contributed by atoms with Crippen molar-refractivity contribution in [2.75, 3.05) is 6.54 Å². The summed E-state index contributed by atoms with van der Waals surface area (Å²) in [4.78, 5) is 24.6. The number of hydrogen-bond donors (Lipinski definition) is 2. The summed E-state index contributed by atoms with van der Waals surface area (Å²) in [7, 11) is 0. The highest BCUT2D eigenvalue weighted by Gasteiger charge is 2.06. The molecule has 0 unspecified atom stereocenters. The Kier molecular flexibility index (Phi) is 3.71. The van der Waals surface area contributed by atoms with Crippen LogP contribution in [0.5, 0.6) is 0 Å². The van der Waals surface area contributed by atoms with Gasteiger partial charge in [0.05, 0.1) is 5.56 Å². The van der Waals surface area contributed by atoms with E-state index in [0.29, 0.717) is 12.1 Å². The predicted octanol–water partition coefficient (Wildman–Crippen LogP) is 1.17. The van der Waals surface area contributed by atoms with E-state index in [2.05, 4.69) is 10.3 Å². The second-order valence-corrected chi connectivity index (χ2v) is 3.23. The molecule has 5 heteroatoms. The fraction of sp³-hybridized carbons (Fsp3) is 0.333. The van der Waals surface area contributed by atoms with E-state index in [1.807, 2.05) is 6.92 Å². The van der Waals surface area contributed by atoms with Gasteiger partial charge in [0.15, 0.2) is 0 Å². The highest BCUT2D eigenvalue weighted by molar-refractivity contribution is 6.30. The third kappa shape index (κ3) is 2.60. The minimum absolute atomic E-state index is 0.0224. The van der Waals surface area contributed by atoms with E-state index in [1.165, 1.54) is 12.3 Å². The molecule has 0 aromatic carbocycles. The Hall–Kier alpha value is -1.29. The van der Waals surface area contributed by atoms with E-state index < -0.39 is 5.56 Å². The van der Waals surface area contributed by atoms with Gasteiger partial charge in [-0.15, -0.1) is 0 Å². The SMILES string of the molecule is CCCNC(=O)c1c[nH]c(=O)c(Cl)c1. The lowest BCUT2D eigenvalue weighted by Crippen LogP contribution is -2.25. The van der Waals surface area contributed by atoms with E-state index in [1.54, 1.807) is 0 Å². The quantitative estimate of drug-likeness (QED) is 0.794. The maximum absolute atomic E-state index is 11.4. The number of pyridine rings is 1. The number of nitrogens with one attached hydrogen (secondary N) is 2. The number of carbonyl (C=O) groups is 1. The smallest absolute Gasteiger partial charge is 0.266 e. The van der Waals surface area contributed by atoms with Crippen LogP contribution >= 0.6 is 11.6 Å². The van der Waals surface area contributed by atoms with Gasteiger partial charge in [-0.1, -0.05) is 18.5 Å². The van der Waals surface area contributed by atoms with Crippen molar-refractivity contribution in [2.24, 2.45) is 0 Å². The first-order valence-electron chi connectivity index (χ1n) is 4.31. The molecular formula is C9H11ClN2O2. The van der Waals surface area contributed by atoms with Crippen LogP contribution in [0.3, 0.4) is 0 Å². The fourth-order valence-electron chi connectivity index (χ4n) is 0.928. The third-order valence-electron chi connectivity index (χ3n) is 1.66. The summed E-state index contributed by atoms with van der Waals surface area (Å²) >= 11 is 5.57. The number of H-pyrrole nitrogens is 1. The molecule has 0 radical (unpaired) electrons. The molecule has 0 saturated heterocycles. The van der Waals surface area contributed by atoms with Crippen molar-refractivity contribution in [3.63, 3.8) is 0 Å². The summed E-state index contributed by atoms with van der Waals surface area (Å²) in [6, 6.07) is 1.35. The summed E-state index contributed by atoms with van der Waals surface area (Å²) < 4.78 is 0. The van der Waals surface area contributed by atoms with Crippen LogP contribution in [0.2, 0.25) is 5.02 Å². The second-order valence-electron chi connectivity index (χ2n) is 2.82. The summed E-state index contributed by atoms with van der Waals surface area (Å²) in [5.41, 5.74) is -0.0261. The van der Waals surface area contributed by atoms with E-state index in [-0.39, 0.29) is 10.9 Å². The lowest BCUT2D eigenvalue weighted by Gasteiger charge is -2.02. The molecule has 1 rings (SSSR count). The lowest BCUT2D eigenvalue weighted by atomic mass is 10.2. The Bertz CT molecular complexity index is 387. The van der Waals surface area contributed by atoms with Crippen molar-refractivity contribution in [1.29, 1.82) is 0 Å². The summed E-state index contributed by atoms with van der Waals surface area (Å²) in [5.74, 6) is -0.231. The first kappa shape index (κ1) is 10.8. The van der Waals surface area contributed by atoms with Crippen molar-refractivity contribution in [3.8, 4) is 0 Å². The molecule has 0 fully saturated rings. The molecule has 14 heavy (non-hydrogen) atoms. The number of rotatable bonds is 3. The average molecular weight is 215 g/mol. The molecule has 4 nitrogen and oxygen atoms in total. The topological polar surface area (TPSA) is 62.0 Å². The van der Waals surface area contributed by atoms with Gasteiger partial charge < -0.3 is 10.3 Å². The van der Waals surface area contributed by atoms with E-state index in [9.17, 15) is 9.59 Å². The Morgan fingerprint density at radius 2 is 2.36 bits per heavy atom. The molecular weight excluding hydrogens is 204 g/mol. The second kappa shape index (κ2) is 4.81. The average Bonchev–Trinajstić information content (AvgIpc) is 2.18. The van der Waals surface area contributed by atoms with Gasteiger partial charge in [0.25, 0.3) is 11.5 Å². The largest absolute Gasteiger partial charge is 0.352 e. The first-order chi connectivity index (χ1) is 6.65. The van der Waals surface area contributed by atoms with E-state index in [0.717, 1.165) is 6.42 Å². The Labute approximate surface area is 86.3 Å². The summed E-state index contributed by atoms with van der Waals surface area (Å²) in [6.07, 6.45) is 2.21. The van der Waals surface area contributed by atoms with Crippen LogP contribution in [0.15, 0.2) is 17.1 Å². The summed E-state index contributed by atoms with van der Waals surface area (Å²) in [6.45, 7) is 2.57. The predicted molar refractivity (Wildman–Crippen MR) is 54.7 cm³/mol. The Morgan fingerprint density at radius 1 is 1.64 bits per heavy atom. The lowest BCUT2D eigenvalue weighted by molar-refractivity contribution is 0.0953. The minimum atomic E-state index is -0.390. The fourth-order valence-corrected chi connectivity index (χ4v) is 1.10. The summed E-state index contributed by atoms with van der Waals surface area (Å²) in [5, 5.41) is 2.70. The number of amides is 1. The van der Waals surface area contributed by atoms with Crippen LogP contribution in [0.25, 0.3) is 0 Å². The van der Waals surface area contributed by atoms with Crippen molar-refractivity contribution >= 4 is 17.5 Å². The zero-order valence-electron chi connectivity index (χ0n) is 7.76. The van der Waals surface area contributed by atoms with Gasteiger partial charge in [-0.2, -0.15) is 0 Å². The van der Waals surface area contributed by atoms with Gasteiger partial charge in [0, 0.05) is 12.7 Å². The molecule has 1 aromatic heterocycles.